The Bertz CT molecular complexity index is 854. The summed E-state index contributed by atoms with van der Waals surface area (Å²) < 4.78 is 21.2. The second kappa shape index (κ2) is 7.12. The van der Waals surface area contributed by atoms with Crippen LogP contribution in [0.5, 0.6) is 11.5 Å². The highest BCUT2D eigenvalue weighted by molar-refractivity contribution is 5.97. The van der Waals surface area contributed by atoms with Gasteiger partial charge in [-0.3, -0.25) is 4.79 Å². The van der Waals surface area contributed by atoms with E-state index in [0.29, 0.717) is 17.3 Å². The molecule has 0 saturated heterocycles. The highest BCUT2D eigenvalue weighted by Gasteiger charge is 2.23. The molecule has 3 aromatic rings. The fourth-order valence-electron chi connectivity index (χ4n) is 2.51. The van der Waals surface area contributed by atoms with Gasteiger partial charge in [0, 0.05) is 5.56 Å². The number of benzene rings is 1. The number of ether oxygens (including phenoxy) is 2. The largest absolute Gasteiger partial charge is 0.497 e. The summed E-state index contributed by atoms with van der Waals surface area (Å²) in [4.78, 5) is 16.6. The van der Waals surface area contributed by atoms with E-state index in [1.165, 1.54) is 12.7 Å². The van der Waals surface area contributed by atoms with E-state index in [4.69, 9.17) is 18.3 Å². The van der Waals surface area contributed by atoms with Crippen LogP contribution in [0.2, 0.25) is 0 Å². The predicted octanol–water partition coefficient (Wildman–Crippen LogP) is 3.44. The second-order valence-electron chi connectivity index (χ2n) is 5.31. The lowest BCUT2D eigenvalue weighted by Gasteiger charge is -2.18. The number of nitrogens with one attached hydrogen (secondary N) is 1. The van der Waals surface area contributed by atoms with Crippen molar-refractivity contribution < 1.29 is 23.1 Å². The molecular formula is C18H18N2O5. The van der Waals surface area contributed by atoms with Crippen LogP contribution in [-0.2, 0) is 0 Å². The third kappa shape index (κ3) is 3.35. The van der Waals surface area contributed by atoms with Crippen molar-refractivity contribution >= 4 is 5.91 Å². The summed E-state index contributed by atoms with van der Waals surface area (Å²) >= 11 is 0. The monoisotopic (exact) mass is 342 g/mol. The van der Waals surface area contributed by atoms with E-state index in [-0.39, 0.29) is 23.4 Å². The topological polar surface area (TPSA) is 86.7 Å². The smallest absolute Gasteiger partial charge is 0.274 e. The molecule has 0 saturated carbocycles. The highest BCUT2D eigenvalue weighted by Crippen LogP contribution is 2.30. The van der Waals surface area contributed by atoms with Crippen molar-refractivity contribution in [3.8, 4) is 23.0 Å². The summed E-state index contributed by atoms with van der Waals surface area (Å²) in [5.74, 6) is 1.67. The Morgan fingerprint density at radius 3 is 2.72 bits per heavy atom. The first-order valence-corrected chi connectivity index (χ1v) is 7.64. The fourth-order valence-corrected chi connectivity index (χ4v) is 2.51. The first kappa shape index (κ1) is 16.6. The van der Waals surface area contributed by atoms with Crippen LogP contribution < -0.4 is 14.8 Å². The van der Waals surface area contributed by atoms with Gasteiger partial charge in [0.05, 0.1) is 26.5 Å². The van der Waals surface area contributed by atoms with Gasteiger partial charge in [-0.25, -0.2) is 4.98 Å². The van der Waals surface area contributed by atoms with Gasteiger partial charge in [-0.05, 0) is 37.3 Å². The van der Waals surface area contributed by atoms with E-state index in [2.05, 4.69) is 10.3 Å². The molecule has 7 nitrogen and oxygen atoms in total. The molecular weight excluding hydrogens is 324 g/mol. The minimum absolute atomic E-state index is 0.156. The van der Waals surface area contributed by atoms with Crippen LogP contribution in [0.3, 0.4) is 0 Å². The Labute approximate surface area is 144 Å². The van der Waals surface area contributed by atoms with Crippen molar-refractivity contribution in [1.29, 1.82) is 0 Å². The van der Waals surface area contributed by atoms with Crippen LogP contribution in [0, 0.1) is 0 Å². The summed E-state index contributed by atoms with van der Waals surface area (Å²) in [5.41, 5.74) is 0.946. The zero-order chi connectivity index (χ0) is 17.8. The van der Waals surface area contributed by atoms with Crippen molar-refractivity contribution in [3.05, 3.63) is 54.2 Å². The third-order valence-corrected chi connectivity index (χ3v) is 3.78. The van der Waals surface area contributed by atoms with E-state index in [1.807, 2.05) is 13.0 Å². The number of carbonyl (C=O) groups is 1. The maximum absolute atomic E-state index is 12.6. The molecule has 3 rings (SSSR count). The molecule has 0 bridgehead atoms. The number of amides is 1. The molecule has 0 radical (unpaired) electrons. The molecule has 0 aliphatic carbocycles. The molecule has 7 heteroatoms. The number of furan rings is 1. The van der Waals surface area contributed by atoms with Gasteiger partial charge < -0.3 is 23.6 Å². The zero-order valence-corrected chi connectivity index (χ0v) is 14.1. The summed E-state index contributed by atoms with van der Waals surface area (Å²) in [6.07, 6.45) is 2.72. The van der Waals surface area contributed by atoms with Crippen LogP contribution >= 0.6 is 0 Å². The molecule has 25 heavy (non-hydrogen) atoms. The van der Waals surface area contributed by atoms with E-state index >= 15 is 0 Å². The van der Waals surface area contributed by atoms with Gasteiger partial charge in [-0.15, -0.1) is 0 Å². The number of carbonyl (C=O) groups excluding carboxylic acids is 1. The standard InChI is InChI=1S/C18H18N2O5/c1-11(13-9-12(22-2)6-7-14(13)23-3)20-18(21)16-17(25-10-19-16)15-5-4-8-24-15/h4-11H,1-3H3,(H,20,21)/t11-/m1/s1. The fraction of sp³-hybridized carbons (Fsp3) is 0.222. The summed E-state index contributed by atoms with van der Waals surface area (Å²) in [5, 5.41) is 2.89. The van der Waals surface area contributed by atoms with Gasteiger partial charge in [-0.1, -0.05) is 0 Å². The first-order chi connectivity index (χ1) is 12.1. The molecule has 2 heterocycles. The summed E-state index contributed by atoms with van der Waals surface area (Å²) in [6, 6.07) is 8.48. The number of hydrogen-bond acceptors (Lipinski definition) is 6. The molecule has 0 unspecified atom stereocenters. The molecule has 0 aliphatic heterocycles. The molecule has 0 spiro atoms. The van der Waals surface area contributed by atoms with Gasteiger partial charge >= 0.3 is 0 Å². The highest BCUT2D eigenvalue weighted by atomic mass is 16.5. The Morgan fingerprint density at radius 2 is 2.04 bits per heavy atom. The third-order valence-electron chi connectivity index (χ3n) is 3.78. The average Bonchev–Trinajstić information content (AvgIpc) is 3.31. The first-order valence-electron chi connectivity index (χ1n) is 7.64. The van der Waals surface area contributed by atoms with Crippen molar-refractivity contribution in [1.82, 2.24) is 10.3 Å². The normalized spacial score (nSPS) is 11.8. The van der Waals surface area contributed by atoms with Gasteiger partial charge in [0.25, 0.3) is 5.91 Å². The van der Waals surface area contributed by atoms with E-state index in [0.717, 1.165) is 5.56 Å². The lowest BCUT2D eigenvalue weighted by Crippen LogP contribution is -2.27. The SMILES string of the molecule is COc1ccc(OC)c([C@@H](C)NC(=O)c2ncoc2-c2ccco2)c1. The van der Waals surface area contributed by atoms with Crippen molar-refractivity contribution in [2.24, 2.45) is 0 Å². The molecule has 0 aliphatic rings. The second-order valence-corrected chi connectivity index (χ2v) is 5.31. The lowest BCUT2D eigenvalue weighted by molar-refractivity contribution is 0.0935. The number of oxazole rings is 1. The minimum Gasteiger partial charge on any atom is -0.497 e. The van der Waals surface area contributed by atoms with Crippen molar-refractivity contribution in [2.45, 2.75) is 13.0 Å². The van der Waals surface area contributed by atoms with Gasteiger partial charge in [0.15, 0.2) is 17.8 Å². The Hall–Kier alpha value is -3.22. The molecule has 1 atom stereocenters. The molecule has 130 valence electrons. The molecule has 1 amide bonds. The van der Waals surface area contributed by atoms with Crippen LogP contribution in [0.25, 0.3) is 11.5 Å². The summed E-state index contributed by atoms with van der Waals surface area (Å²) in [6.45, 7) is 1.85. The number of nitrogens with zero attached hydrogens (tertiary/aromatic N) is 1. The van der Waals surface area contributed by atoms with E-state index in [9.17, 15) is 4.79 Å². The van der Waals surface area contributed by atoms with Gasteiger partial charge in [0.1, 0.15) is 11.5 Å². The Balaban J connectivity index is 1.84. The zero-order valence-electron chi connectivity index (χ0n) is 14.1. The maximum Gasteiger partial charge on any atom is 0.274 e. The quantitative estimate of drug-likeness (QED) is 0.738. The van der Waals surface area contributed by atoms with Crippen LogP contribution in [0.1, 0.15) is 29.0 Å². The molecule has 1 N–H and O–H groups in total. The average molecular weight is 342 g/mol. The Kier molecular flexibility index (Phi) is 4.74. The molecule has 1 aromatic carbocycles. The molecule has 2 aromatic heterocycles. The number of aromatic nitrogens is 1. The van der Waals surface area contributed by atoms with Crippen LogP contribution in [0.15, 0.2) is 51.8 Å². The molecule has 0 fully saturated rings. The van der Waals surface area contributed by atoms with Crippen LogP contribution in [0.4, 0.5) is 0 Å². The minimum atomic E-state index is -0.377. The number of hydrogen-bond donors (Lipinski definition) is 1. The van der Waals surface area contributed by atoms with Gasteiger partial charge in [0.2, 0.25) is 5.76 Å². The lowest BCUT2D eigenvalue weighted by atomic mass is 10.1. The maximum atomic E-state index is 12.6. The van der Waals surface area contributed by atoms with E-state index in [1.54, 1.807) is 38.5 Å². The Morgan fingerprint density at radius 1 is 1.20 bits per heavy atom. The van der Waals surface area contributed by atoms with E-state index < -0.39 is 0 Å². The van der Waals surface area contributed by atoms with Gasteiger partial charge in [-0.2, -0.15) is 0 Å². The summed E-state index contributed by atoms with van der Waals surface area (Å²) in [7, 11) is 3.16. The number of rotatable bonds is 6. The number of methoxy groups -OCH3 is 2. The van der Waals surface area contributed by atoms with Crippen molar-refractivity contribution in [2.75, 3.05) is 14.2 Å². The van der Waals surface area contributed by atoms with Crippen molar-refractivity contribution in [3.63, 3.8) is 0 Å². The predicted molar refractivity (Wildman–Crippen MR) is 89.6 cm³/mol. The van der Waals surface area contributed by atoms with Crippen LogP contribution in [-0.4, -0.2) is 25.1 Å².